The molecule has 1 heterocycles. The number of hydrogen-bond donors (Lipinski definition) is 2. The Hall–Kier alpha value is -1.41. The molecule has 1 aliphatic carbocycles. The zero-order valence-electron chi connectivity index (χ0n) is 14.9. The van der Waals surface area contributed by atoms with E-state index in [4.69, 9.17) is 0 Å². The van der Waals surface area contributed by atoms with Gasteiger partial charge in [0.15, 0.2) is 0 Å². The molecule has 1 aliphatic heterocycles. The molecule has 0 radical (unpaired) electrons. The molecule has 2 N–H and O–H groups in total. The Kier molecular flexibility index (Phi) is 7.43. The molecule has 0 aromatic heterocycles. The lowest BCUT2D eigenvalue weighted by Crippen LogP contribution is -2.44. The van der Waals surface area contributed by atoms with Crippen LogP contribution in [-0.4, -0.2) is 57.0 Å². The van der Waals surface area contributed by atoms with Crippen molar-refractivity contribution in [2.75, 3.05) is 32.4 Å². The summed E-state index contributed by atoms with van der Waals surface area (Å²) in [7, 11) is -3.14. The number of hydrogen-bond acceptors (Lipinski definition) is 4. The van der Waals surface area contributed by atoms with Crippen LogP contribution in [0.1, 0.15) is 44.9 Å². The first-order valence-corrected chi connectivity index (χ1v) is 10.9. The monoisotopic (exact) mass is 371 g/mol. The predicted octanol–water partition coefficient (Wildman–Crippen LogP) is 0.781. The van der Waals surface area contributed by atoms with Crippen molar-refractivity contribution in [2.45, 2.75) is 44.9 Å². The number of carbonyl (C=O) groups is 2. The van der Waals surface area contributed by atoms with E-state index in [1.807, 2.05) is 0 Å². The maximum Gasteiger partial charge on any atom is 0.309 e. The van der Waals surface area contributed by atoms with Gasteiger partial charge < -0.3 is 10.6 Å². The first-order chi connectivity index (χ1) is 11.9. The fraction of sp³-hybridized carbons (Fsp3) is 0.765. The highest BCUT2D eigenvalue weighted by Gasteiger charge is 2.25. The molecule has 0 spiro atoms. The largest absolute Gasteiger partial charge is 0.348 e. The molecular weight excluding hydrogens is 342 g/mol. The van der Waals surface area contributed by atoms with Gasteiger partial charge in [-0.1, -0.05) is 11.6 Å². The van der Waals surface area contributed by atoms with E-state index in [2.05, 4.69) is 16.7 Å². The van der Waals surface area contributed by atoms with Gasteiger partial charge in [0.05, 0.1) is 6.26 Å². The fourth-order valence-electron chi connectivity index (χ4n) is 3.31. The maximum atomic E-state index is 11.8. The molecule has 0 bridgehead atoms. The van der Waals surface area contributed by atoms with Crippen LogP contribution < -0.4 is 10.6 Å². The second kappa shape index (κ2) is 9.33. The van der Waals surface area contributed by atoms with Crippen LogP contribution in [0.15, 0.2) is 11.6 Å². The summed E-state index contributed by atoms with van der Waals surface area (Å²) in [4.78, 5) is 23.7. The van der Waals surface area contributed by atoms with E-state index in [0.717, 1.165) is 19.3 Å². The van der Waals surface area contributed by atoms with Crippen LogP contribution in [0.25, 0.3) is 0 Å². The summed E-state index contributed by atoms with van der Waals surface area (Å²) < 4.78 is 24.4. The van der Waals surface area contributed by atoms with E-state index in [0.29, 0.717) is 39.0 Å². The third-order valence-electron chi connectivity index (χ3n) is 4.92. The molecule has 0 atom stereocenters. The number of amides is 2. The van der Waals surface area contributed by atoms with Crippen molar-refractivity contribution < 1.29 is 18.0 Å². The number of piperidine rings is 1. The standard InChI is InChI=1S/C17H29N3O4S/c1-25(23,24)20-11-8-15(9-12-20)13-19-17(22)16(21)18-10-7-14-5-3-2-4-6-14/h5,15H,2-4,6-13H2,1H3,(H,18,21)(H,19,22). The minimum atomic E-state index is -3.14. The number of rotatable bonds is 6. The molecule has 7 nitrogen and oxygen atoms in total. The molecule has 2 amide bonds. The number of nitrogens with one attached hydrogen (secondary N) is 2. The Morgan fingerprint density at radius 3 is 2.44 bits per heavy atom. The van der Waals surface area contributed by atoms with E-state index in [9.17, 15) is 18.0 Å². The Morgan fingerprint density at radius 2 is 1.84 bits per heavy atom. The third-order valence-corrected chi connectivity index (χ3v) is 6.22. The van der Waals surface area contributed by atoms with Crippen molar-refractivity contribution in [3.05, 3.63) is 11.6 Å². The van der Waals surface area contributed by atoms with Gasteiger partial charge >= 0.3 is 11.8 Å². The van der Waals surface area contributed by atoms with Crippen LogP contribution in [-0.2, 0) is 19.6 Å². The van der Waals surface area contributed by atoms with E-state index in [1.165, 1.54) is 29.0 Å². The van der Waals surface area contributed by atoms with Crippen LogP contribution in [0.4, 0.5) is 0 Å². The van der Waals surface area contributed by atoms with Gasteiger partial charge in [-0.15, -0.1) is 0 Å². The number of allylic oxidation sites excluding steroid dienone is 1. The normalized spacial score (nSPS) is 20.0. The Balaban J connectivity index is 1.61. The van der Waals surface area contributed by atoms with E-state index < -0.39 is 21.8 Å². The van der Waals surface area contributed by atoms with Gasteiger partial charge in [-0.25, -0.2) is 12.7 Å². The van der Waals surface area contributed by atoms with E-state index in [1.54, 1.807) is 0 Å². The molecule has 142 valence electrons. The molecule has 8 heteroatoms. The summed E-state index contributed by atoms with van der Waals surface area (Å²) in [5, 5.41) is 5.33. The number of nitrogens with zero attached hydrogens (tertiary/aromatic N) is 1. The molecule has 0 aromatic rings. The van der Waals surface area contributed by atoms with Gasteiger partial charge in [0.25, 0.3) is 0 Å². The van der Waals surface area contributed by atoms with Crippen LogP contribution in [0.2, 0.25) is 0 Å². The molecule has 0 saturated carbocycles. The molecule has 2 aliphatic rings. The van der Waals surface area contributed by atoms with Crippen LogP contribution in [0, 0.1) is 5.92 Å². The van der Waals surface area contributed by atoms with Gasteiger partial charge in [-0.2, -0.15) is 0 Å². The Morgan fingerprint density at radius 1 is 1.16 bits per heavy atom. The van der Waals surface area contributed by atoms with Crippen molar-refractivity contribution in [1.82, 2.24) is 14.9 Å². The summed E-state index contributed by atoms with van der Waals surface area (Å²) >= 11 is 0. The second-order valence-electron chi connectivity index (χ2n) is 6.93. The third kappa shape index (κ3) is 6.78. The van der Waals surface area contributed by atoms with Crippen molar-refractivity contribution in [3.8, 4) is 0 Å². The van der Waals surface area contributed by atoms with Crippen molar-refractivity contribution in [3.63, 3.8) is 0 Å². The van der Waals surface area contributed by atoms with E-state index in [-0.39, 0.29) is 5.92 Å². The zero-order valence-corrected chi connectivity index (χ0v) is 15.7. The summed E-state index contributed by atoms with van der Waals surface area (Å²) in [5.41, 5.74) is 1.37. The van der Waals surface area contributed by atoms with Gasteiger partial charge in [-0.3, -0.25) is 9.59 Å². The highest BCUT2D eigenvalue weighted by Crippen LogP contribution is 2.19. The SMILES string of the molecule is CS(=O)(=O)N1CCC(CNC(=O)C(=O)NCCC2=CCCCC2)CC1. The summed E-state index contributed by atoms with van der Waals surface area (Å²) in [6.07, 6.45) is 10.3. The summed E-state index contributed by atoms with van der Waals surface area (Å²) in [5.74, 6) is -0.990. The summed E-state index contributed by atoms with van der Waals surface area (Å²) in [6, 6.07) is 0. The zero-order chi connectivity index (χ0) is 18.3. The maximum absolute atomic E-state index is 11.8. The molecule has 0 aromatic carbocycles. The molecule has 2 rings (SSSR count). The average molecular weight is 372 g/mol. The van der Waals surface area contributed by atoms with Gasteiger partial charge in [0, 0.05) is 26.2 Å². The predicted molar refractivity (Wildman–Crippen MR) is 96.3 cm³/mol. The fourth-order valence-corrected chi connectivity index (χ4v) is 4.19. The van der Waals surface area contributed by atoms with Crippen molar-refractivity contribution in [2.24, 2.45) is 5.92 Å². The van der Waals surface area contributed by atoms with Crippen LogP contribution in [0.5, 0.6) is 0 Å². The first-order valence-electron chi connectivity index (χ1n) is 9.05. The quantitative estimate of drug-likeness (QED) is 0.533. The first kappa shape index (κ1) is 19.9. The van der Waals surface area contributed by atoms with Crippen molar-refractivity contribution >= 4 is 21.8 Å². The molecular formula is C17H29N3O4S. The highest BCUT2D eigenvalue weighted by atomic mass is 32.2. The minimum absolute atomic E-state index is 0.210. The van der Waals surface area contributed by atoms with Crippen molar-refractivity contribution in [1.29, 1.82) is 0 Å². The molecule has 1 saturated heterocycles. The smallest absolute Gasteiger partial charge is 0.309 e. The summed E-state index contributed by atoms with van der Waals surface area (Å²) in [6.45, 7) is 1.85. The van der Waals surface area contributed by atoms with Gasteiger partial charge in [-0.05, 0) is 50.9 Å². The lowest BCUT2D eigenvalue weighted by atomic mass is 9.97. The Bertz CT molecular complexity index is 607. The van der Waals surface area contributed by atoms with Crippen LogP contribution >= 0.6 is 0 Å². The number of sulfonamides is 1. The topological polar surface area (TPSA) is 95.6 Å². The second-order valence-corrected chi connectivity index (χ2v) is 8.91. The van der Waals surface area contributed by atoms with Crippen LogP contribution in [0.3, 0.4) is 0 Å². The Labute approximate surface area is 150 Å². The number of carbonyl (C=O) groups excluding carboxylic acids is 2. The van der Waals surface area contributed by atoms with Gasteiger partial charge in [0.2, 0.25) is 10.0 Å². The van der Waals surface area contributed by atoms with Gasteiger partial charge in [0.1, 0.15) is 0 Å². The van der Waals surface area contributed by atoms with E-state index >= 15 is 0 Å². The molecule has 25 heavy (non-hydrogen) atoms. The average Bonchev–Trinajstić information content (AvgIpc) is 2.60. The highest BCUT2D eigenvalue weighted by molar-refractivity contribution is 7.88. The lowest BCUT2D eigenvalue weighted by Gasteiger charge is -2.30. The lowest BCUT2D eigenvalue weighted by molar-refractivity contribution is -0.139. The molecule has 0 unspecified atom stereocenters. The minimum Gasteiger partial charge on any atom is -0.348 e. The molecule has 1 fully saturated rings.